The summed E-state index contributed by atoms with van der Waals surface area (Å²) in [7, 11) is 0. The highest BCUT2D eigenvalue weighted by atomic mass is 32.1. The monoisotopic (exact) mass is 301 g/mol. The Morgan fingerprint density at radius 1 is 1.20 bits per heavy atom. The molecule has 0 fully saturated rings. The third kappa shape index (κ3) is 3.30. The summed E-state index contributed by atoms with van der Waals surface area (Å²) in [6, 6.07) is 8.46. The van der Waals surface area contributed by atoms with E-state index in [9.17, 15) is 0 Å². The van der Waals surface area contributed by atoms with E-state index >= 15 is 0 Å². The number of aryl methyl sites for hydroxylation is 1. The first kappa shape index (κ1) is 13.4. The molecule has 3 aromatic heterocycles. The van der Waals surface area contributed by atoms with E-state index in [4.69, 9.17) is 0 Å². The highest BCUT2D eigenvalue weighted by Gasteiger charge is 2.03. The molecular formula is C15H15N3S2. The van der Waals surface area contributed by atoms with Crippen LogP contribution in [0.25, 0.3) is 10.4 Å². The molecule has 20 heavy (non-hydrogen) atoms. The Bertz CT molecular complexity index is 674. The van der Waals surface area contributed by atoms with Gasteiger partial charge >= 0.3 is 0 Å². The maximum absolute atomic E-state index is 4.38. The maximum atomic E-state index is 4.38. The van der Waals surface area contributed by atoms with E-state index in [2.05, 4.69) is 44.2 Å². The largest absolute Gasteiger partial charge is 0.306 e. The fraction of sp³-hybridized carbons (Fsp3) is 0.200. The zero-order valence-electron chi connectivity index (χ0n) is 11.2. The van der Waals surface area contributed by atoms with Gasteiger partial charge < -0.3 is 5.32 Å². The first-order valence-corrected chi connectivity index (χ1v) is 8.18. The second-order valence-corrected chi connectivity index (χ2v) is 6.42. The molecule has 3 rings (SSSR count). The molecule has 3 aromatic rings. The molecule has 0 aliphatic rings. The zero-order chi connectivity index (χ0) is 13.8. The summed E-state index contributed by atoms with van der Waals surface area (Å²) in [4.78, 5) is 11.2. The molecule has 0 spiro atoms. The van der Waals surface area contributed by atoms with Crippen LogP contribution in [0.3, 0.4) is 0 Å². The minimum Gasteiger partial charge on any atom is -0.306 e. The molecule has 0 aromatic carbocycles. The van der Waals surface area contributed by atoms with Gasteiger partial charge in [-0.25, -0.2) is 9.97 Å². The zero-order valence-corrected chi connectivity index (χ0v) is 12.8. The van der Waals surface area contributed by atoms with Crippen LogP contribution in [0.4, 0.5) is 0 Å². The molecular weight excluding hydrogens is 286 g/mol. The van der Waals surface area contributed by atoms with Crippen molar-refractivity contribution in [2.45, 2.75) is 20.0 Å². The molecule has 1 N–H and O–H groups in total. The molecule has 0 atom stereocenters. The number of hydrogen-bond acceptors (Lipinski definition) is 5. The summed E-state index contributed by atoms with van der Waals surface area (Å²) in [6.45, 7) is 3.56. The van der Waals surface area contributed by atoms with Gasteiger partial charge in [-0.05, 0) is 35.9 Å². The molecule has 3 heterocycles. The van der Waals surface area contributed by atoms with Crippen LogP contribution in [0, 0.1) is 6.92 Å². The molecule has 5 heteroatoms. The Labute approximate surface area is 126 Å². The number of rotatable bonds is 5. The van der Waals surface area contributed by atoms with Crippen molar-refractivity contribution in [2.24, 2.45) is 0 Å². The summed E-state index contributed by atoms with van der Waals surface area (Å²) in [5, 5.41) is 7.76. The van der Waals surface area contributed by atoms with Gasteiger partial charge in [-0.1, -0.05) is 6.07 Å². The van der Waals surface area contributed by atoms with Crippen LogP contribution in [0.2, 0.25) is 0 Å². The average Bonchev–Trinajstić information content (AvgIpc) is 3.09. The van der Waals surface area contributed by atoms with Crippen molar-refractivity contribution in [1.82, 2.24) is 15.3 Å². The lowest BCUT2D eigenvalue weighted by molar-refractivity contribution is 0.682. The lowest BCUT2D eigenvalue weighted by Crippen LogP contribution is -2.13. The Morgan fingerprint density at radius 2 is 2.15 bits per heavy atom. The van der Waals surface area contributed by atoms with Crippen molar-refractivity contribution in [3.8, 4) is 10.4 Å². The summed E-state index contributed by atoms with van der Waals surface area (Å²) in [5.41, 5.74) is 2.35. The van der Waals surface area contributed by atoms with Gasteiger partial charge in [-0.2, -0.15) is 0 Å². The lowest BCUT2D eigenvalue weighted by atomic mass is 10.2. The van der Waals surface area contributed by atoms with E-state index in [0.29, 0.717) is 0 Å². The number of thiophene rings is 2. The second kappa shape index (κ2) is 6.26. The molecule has 0 unspecified atom stereocenters. The van der Waals surface area contributed by atoms with Gasteiger partial charge in [0.1, 0.15) is 5.82 Å². The summed E-state index contributed by atoms with van der Waals surface area (Å²) >= 11 is 3.58. The predicted molar refractivity (Wildman–Crippen MR) is 84.9 cm³/mol. The van der Waals surface area contributed by atoms with E-state index in [1.54, 1.807) is 28.9 Å². The molecule has 0 aliphatic carbocycles. The van der Waals surface area contributed by atoms with E-state index in [1.165, 1.54) is 15.3 Å². The highest BCUT2D eigenvalue weighted by Crippen LogP contribution is 2.29. The summed E-state index contributed by atoms with van der Waals surface area (Å²) in [6.07, 6.45) is 1.80. The van der Waals surface area contributed by atoms with Crippen LogP contribution in [-0.2, 0) is 13.1 Å². The van der Waals surface area contributed by atoms with Gasteiger partial charge in [0.2, 0.25) is 0 Å². The minimum atomic E-state index is 0.773. The summed E-state index contributed by atoms with van der Waals surface area (Å²) < 4.78 is 0. The minimum absolute atomic E-state index is 0.773. The van der Waals surface area contributed by atoms with Crippen LogP contribution in [-0.4, -0.2) is 9.97 Å². The van der Waals surface area contributed by atoms with E-state index in [0.717, 1.165) is 24.6 Å². The SMILES string of the molecule is Cc1nccc(CNCc2cc(-c3cccs3)cs2)n1. The Hall–Kier alpha value is -1.56. The van der Waals surface area contributed by atoms with Crippen LogP contribution in [0.1, 0.15) is 16.4 Å². The third-order valence-corrected chi connectivity index (χ3v) is 4.75. The first-order valence-electron chi connectivity index (χ1n) is 6.42. The maximum Gasteiger partial charge on any atom is 0.125 e. The Morgan fingerprint density at radius 3 is 2.95 bits per heavy atom. The summed E-state index contributed by atoms with van der Waals surface area (Å²) in [5.74, 6) is 0.820. The Kier molecular flexibility index (Phi) is 4.20. The van der Waals surface area contributed by atoms with Gasteiger partial charge in [-0.3, -0.25) is 0 Å². The topological polar surface area (TPSA) is 37.8 Å². The number of aromatic nitrogens is 2. The number of nitrogens with zero attached hydrogens (tertiary/aromatic N) is 2. The molecule has 3 nitrogen and oxygen atoms in total. The van der Waals surface area contributed by atoms with Crippen LogP contribution < -0.4 is 5.32 Å². The van der Waals surface area contributed by atoms with Crippen LogP contribution in [0.15, 0.2) is 41.2 Å². The van der Waals surface area contributed by atoms with E-state index in [-0.39, 0.29) is 0 Å². The van der Waals surface area contributed by atoms with Crippen LogP contribution >= 0.6 is 22.7 Å². The van der Waals surface area contributed by atoms with Crippen molar-refractivity contribution in [1.29, 1.82) is 0 Å². The van der Waals surface area contributed by atoms with Crippen molar-refractivity contribution < 1.29 is 0 Å². The van der Waals surface area contributed by atoms with Crippen molar-refractivity contribution in [3.63, 3.8) is 0 Å². The van der Waals surface area contributed by atoms with Gasteiger partial charge in [0.15, 0.2) is 0 Å². The molecule has 0 aliphatic heterocycles. The predicted octanol–water partition coefficient (Wildman–Crippen LogP) is 3.86. The molecule has 102 valence electrons. The standard InChI is InChI=1S/C15H15N3S2/c1-11-17-5-4-13(18-11)8-16-9-14-7-12(10-20-14)15-3-2-6-19-15/h2-7,10,16H,8-9H2,1H3. The van der Waals surface area contributed by atoms with Gasteiger partial charge in [0.05, 0.1) is 5.69 Å². The molecule has 0 bridgehead atoms. The van der Waals surface area contributed by atoms with Crippen LogP contribution in [0.5, 0.6) is 0 Å². The van der Waals surface area contributed by atoms with Crippen molar-refractivity contribution in [2.75, 3.05) is 0 Å². The fourth-order valence-corrected chi connectivity index (χ4v) is 3.61. The molecule has 0 saturated heterocycles. The molecule has 0 amide bonds. The average molecular weight is 301 g/mol. The van der Waals surface area contributed by atoms with Gasteiger partial charge in [-0.15, -0.1) is 22.7 Å². The molecule has 0 saturated carbocycles. The number of hydrogen-bond donors (Lipinski definition) is 1. The lowest BCUT2D eigenvalue weighted by Gasteiger charge is -2.02. The van der Waals surface area contributed by atoms with Gasteiger partial charge in [0, 0.05) is 34.6 Å². The number of nitrogens with one attached hydrogen (secondary N) is 1. The van der Waals surface area contributed by atoms with Crippen molar-refractivity contribution in [3.05, 3.63) is 57.6 Å². The van der Waals surface area contributed by atoms with E-state index in [1.807, 2.05) is 13.0 Å². The quantitative estimate of drug-likeness (QED) is 0.777. The first-order chi connectivity index (χ1) is 9.81. The van der Waals surface area contributed by atoms with Crippen molar-refractivity contribution >= 4 is 22.7 Å². The van der Waals surface area contributed by atoms with Gasteiger partial charge in [0.25, 0.3) is 0 Å². The van der Waals surface area contributed by atoms with E-state index < -0.39 is 0 Å². The second-order valence-electron chi connectivity index (χ2n) is 4.48. The normalized spacial score (nSPS) is 10.8. The Balaban J connectivity index is 1.57. The smallest absolute Gasteiger partial charge is 0.125 e. The fourth-order valence-electron chi connectivity index (χ4n) is 1.96. The third-order valence-electron chi connectivity index (χ3n) is 2.90. The highest BCUT2D eigenvalue weighted by molar-refractivity contribution is 7.14. The molecule has 0 radical (unpaired) electrons.